The average molecular weight is 583 g/mol. The second kappa shape index (κ2) is 11.2. The average Bonchev–Trinajstić information content (AvgIpc) is 3.34. The van der Waals surface area contributed by atoms with E-state index < -0.39 is 5.97 Å². The molecule has 0 saturated heterocycles. The number of thiophene rings is 1. The first-order valence-electron chi connectivity index (χ1n) is 10.9. The number of rotatable bonds is 7. The van der Waals surface area contributed by atoms with Crippen LogP contribution in [-0.4, -0.2) is 41.0 Å². The van der Waals surface area contributed by atoms with E-state index >= 15 is 0 Å². The summed E-state index contributed by atoms with van der Waals surface area (Å²) >= 11 is 7.60. The second-order valence-electron chi connectivity index (χ2n) is 7.69. The number of aryl methyl sites for hydroxylation is 2. The van der Waals surface area contributed by atoms with Crippen molar-refractivity contribution in [2.75, 3.05) is 23.9 Å². The van der Waals surface area contributed by atoms with E-state index in [-0.39, 0.29) is 23.3 Å². The number of carbonyl (C=O) groups is 3. The van der Waals surface area contributed by atoms with Crippen LogP contribution < -0.4 is 10.1 Å². The van der Waals surface area contributed by atoms with E-state index in [2.05, 4.69) is 26.2 Å². The SMILES string of the molecule is CCn1c(=NC(=O)CSCC(=O)Nc2sc3c(c2C(=O)OC)CCCC3)sc2cc(Br)ccc21. The standard InChI is InChI=1S/C23H24BrN3O4S3/c1-3-27-15-9-8-13(24)10-17(15)34-23(27)26-19(29)12-32-11-18(28)25-21-20(22(30)31-2)14-6-4-5-7-16(14)33-21/h8-10H,3-7,11-12H2,1-2H3,(H,25,28). The molecule has 0 saturated carbocycles. The number of thiazole rings is 1. The van der Waals surface area contributed by atoms with Gasteiger partial charge in [-0.1, -0.05) is 27.3 Å². The third-order valence-corrected chi connectivity index (χ3v) is 9.11. The first-order valence-corrected chi connectivity index (χ1v) is 14.5. The number of esters is 1. The molecule has 2 amide bonds. The van der Waals surface area contributed by atoms with Gasteiger partial charge in [0.2, 0.25) is 5.91 Å². The van der Waals surface area contributed by atoms with Crippen molar-refractivity contribution in [3.63, 3.8) is 0 Å². The van der Waals surface area contributed by atoms with Crippen LogP contribution in [0.1, 0.15) is 40.6 Å². The fourth-order valence-electron chi connectivity index (χ4n) is 3.94. The molecule has 0 aliphatic heterocycles. The maximum Gasteiger partial charge on any atom is 0.341 e. The quantitative estimate of drug-likeness (QED) is 0.396. The van der Waals surface area contributed by atoms with E-state index in [0.717, 1.165) is 50.8 Å². The van der Waals surface area contributed by atoms with Gasteiger partial charge in [-0.05, 0) is 56.4 Å². The van der Waals surface area contributed by atoms with Gasteiger partial charge in [-0.3, -0.25) is 9.59 Å². The molecule has 0 unspecified atom stereocenters. The van der Waals surface area contributed by atoms with Gasteiger partial charge < -0.3 is 14.6 Å². The lowest BCUT2D eigenvalue weighted by Crippen LogP contribution is -2.18. The molecule has 7 nitrogen and oxygen atoms in total. The Kier molecular flexibility index (Phi) is 8.28. The lowest BCUT2D eigenvalue weighted by atomic mass is 9.95. The summed E-state index contributed by atoms with van der Waals surface area (Å²) in [6.07, 6.45) is 3.84. The van der Waals surface area contributed by atoms with E-state index in [9.17, 15) is 14.4 Å². The van der Waals surface area contributed by atoms with Crippen LogP contribution in [0.2, 0.25) is 0 Å². The van der Waals surface area contributed by atoms with E-state index in [4.69, 9.17) is 4.74 Å². The van der Waals surface area contributed by atoms with Gasteiger partial charge in [0.1, 0.15) is 5.00 Å². The molecule has 1 aliphatic rings. The number of benzene rings is 1. The molecule has 0 radical (unpaired) electrons. The minimum absolute atomic E-state index is 0.0948. The summed E-state index contributed by atoms with van der Waals surface area (Å²) in [5.41, 5.74) is 2.51. The molecule has 3 aromatic rings. The topological polar surface area (TPSA) is 89.8 Å². The Morgan fingerprint density at radius 3 is 2.76 bits per heavy atom. The Labute approximate surface area is 217 Å². The number of hydrogen-bond donors (Lipinski definition) is 1. The molecule has 0 atom stereocenters. The Morgan fingerprint density at radius 2 is 2.00 bits per heavy atom. The molecule has 2 heterocycles. The van der Waals surface area contributed by atoms with Gasteiger partial charge in [-0.2, -0.15) is 4.99 Å². The highest BCUT2D eigenvalue weighted by Crippen LogP contribution is 2.38. The summed E-state index contributed by atoms with van der Waals surface area (Å²) < 4.78 is 8.99. The first-order chi connectivity index (χ1) is 16.4. The first kappa shape index (κ1) is 25.2. The van der Waals surface area contributed by atoms with Gasteiger partial charge in [0.05, 0.1) is 34.4 Å². The molecular weight excluding hydrogens is 558 g/mol. The highest BCUT2D eigenvalue weighted by atomic mass is 79.9. The summed E-state index contributed by atoms with van der Waals surface area (Å²) in [6.45, 7) is 2.72. The fraction of sp³-hybridized carbons (Fsp3) is 0.391. The predicted molar refractivity (Wildman–Crippen MR) is 142 cm³/mol. The highest BCUT2D eigenvalue weighted by Gasteiger charge is 2.26. The zero-order valence-electron chi connectivity index (χ0n) is 18.8. The van der Waals surface area contributed by atoms with Crippen molar-refractivity contribution >= 4 is 83.4 Å². The molecule has 180 valence electrons. The highest BCUT2D eigenvalue weighted by molar-refractivity contribution is 9.10. The normalized spacial score (nSPS) is 13.7. The van der Waals surface area contributed by atoms with Gasteiger partial charge in [0, 0.05) is 15.9 Å². The summed E-state index contributed by atoms with van der Waals surface area (Å²) in [7, 11) is 1.35. The minimum Gasteiger partial charge on any atom is -0.465 e. The van der Waals surface area contributed by atoms with Crippen molar-refractivity contribution in [2.24, 2.45) is 4.99 Å². The second-order valence-corrected chi connectivity index (χ2v) is 11.7. The van der Waals surface area contributed by atoms with Crippen molar-refractivity contribution < 1.29 is 19.1 Å². The molecule has 1 aromatic carbocycles. The van der Waals surface area contributed by atoms with Crippen LogP contribution >= 0.6 is 50.4 Å². The van der Waals surface area contributed by atoms with Crippen molar-refractivity contribution in [1.82, 2.24) is 4.57 Å². The third kappa shape index (κ3) is 5.48. The van der Waals surface area contributed by atoms with Crippen molar-refractivity contribution in [1.29, 1.82) is 0 Å². The summed E-state index contributed by atoms with van der Waals surface area (Å²) in [6, 6.07) is 5.99. The van der Waals surface area contributed by atoms with Crippen LogP contribution in [0.15, 0.2) is 27.7 Å². The van der Waals surface area contributed by atoms with Crippen LogP contribution in [0, 0.1) is 0 Å². The number of aromatic nitrogens is 1. The minimum atomic E-state index is -0.420. The predicted octanol–water partition coefficient (Wildman–Crippen LogP) is 5.01. The number of halogens is 1. The Bertz CT molecular complexity index is 1320. The lowest BCUT2D eigenvalue weighted by Gasteiger charge is -2.11. The van der Waals surface area contributed by atoms with Crippen LogP contribution in [0.4, 0.5) is 5.00 Å². The summed E-state index contributed by atoms with van der Waals surface area (Å²) in [4.78, 5) is 43.4. The van der Waals surface area contributed by atoms with Crippen molar-refractivity contribution in [3.05, 3.63) is 43.5 Å². The lowest BCUT2D eigenvalue weighted by molar-refractivity contribution is -0.115. The van der Waals surface area contributed by atoms with Crippen LogP contribution in [0.25, 0.3) is 10.2 Å². The van der Waals surface area contributed by atoms with E-state index in [0.29, 0.717) is 21.9 Å². The molecule has 2 aromatic heterocycles. The number of thioether (sulfide) groups is 1. The third-order valence-electron chi connectivity index (χ3n) is 5.45. The van der Waals surface area contributed by atoms with E-state index in [1.165, 1.54) is 41.5 Å². The Balaban J connectivity index is 1.40. The number of hydrogen-bond acceptors (Lipinski definition) is 7. The number of nitrogens with zero attached hydrogens (tertiary/aromatic N) is 2. The molecule has 0 fully saturated rings. The molecule has 0 spiro atoms. The summed E-state index contributed by atoms with van der Waals surface area (Å²) in [5.74, 6) is -0.766. The zero-order chi connectivity index (χ0) is 24.2. The molecule has 1 aliphatic carbocycles. The number of amides is 2. The van der Waals surface area contributed by atoms with Gasteiger partial charge in [-0.15, -0.1) is 23.1 Å². The maximum atomic E-state index is 12.6. The van der Waals surface area contributed by atoms with Crippen LogP contribution in [-0.2, 0) is 33.7 Å². The summed E-state index contributed by atoms with van der Waals surface area (Å²) in [5, 5.41) is 3.40. The maximum absolute atomic E-state index is 12.6. The molecular formula is C23H24BrN3O4S3. The molecule has 34 heavy (non-hydrogen) atoms. The number of ether oxygens (including phenoxy) is 1. The van der Waals surface area contributed by atoms with Crippen LogP contribution in [0.3, 0.4) is 0 Å². The van der Waals surface area contributed by atoms with Gasteiger partial charge in [0.15, 0.2) is 4.80 Å². The Hall–Kier alpha value is -1.95. The number of carbonyl (C=O) groups excluding carboxylic acids is 3. The molecule has 1 N–H and O–H groups in total. The smallest absolute Gasteiger partial charge is 0.341 e. The number of methoxy groups -OCH3 is 1. The number of anilines is 1. The van der Waals surface area contributed by atoms with Crippen LogP contribution in [0.5, 0.6) is 0 Å². The monoisotopic (exact) mass is 581 g/mol. The van der Waals surface area contributed by atoms with Gasteiger partial charge >= 0.3 is 5.97 Å². The molecule has 4 rings (SSSR count). The van der Waals surface area contributed by atoms with Crippen molar-refractivity contribution in [3.8, 4) is 0 Å². The van der Waals surface area contributed by atoms with E-state index in [1.807, 2.05) is 29.7 Å². The van der Waals surface area contributed by atoms with E-state index in [1.54, 1.807) is 0 Å². The molecule has 11 heteroatoms. The fourth-order valence-corrected chi connectivity index (χ4v) is 7.50. The number of nitrogens with one attached hydrogen (secondary N) is 1. The van der Waals surface area contributed by atoms with Gasteiger partial charge in [0.25, 0.3) is 5.91 Å². The molecule has 0 bridgehead atoms. The largest absolute Gasteiger partial charge is 0.465 e. The van der Waals surface area contributed by atoms with Gasteiger partial charge in [-0.25, -0.2) is 4.79 Å². The Morgan fingerprint density at radius 1 is 1.21 bits per heavy atom. The zero-order valence-corrected chi connectivity index (χ0v) is 22.8. The number of fused-ring (bicyclic) bond motifs is 2. The van der Waals surface area contributed by atoms with Crippen molar-refractivity contribution in [2.45, 2.75) is 39.2 Å².